The van der Waals surface area contributed by atoms with Crippen LogP contribution >= 0.6 is 0 Å². The molecule has 4 aromatic rings. The number of oxazole rings is 1. The normalized spacial score (nSPS) is 11.5. The molecule has 9 heteroatoms. The van der Waals surface area contributed by atoms with Gasteiger partial charge in [-0.15, -0.1) is 0 Å². The number of anilines is 4. The molecular formula is C25H27N5O4. The van der Waals surface area contributed by atoms with E-state index in [1.54, 1.807) is 24.4 Å². The predicted molar refractivity (Wildman–Crippen MR) is 131 cm³/mol. The molecule has 0 aliphatic heterocycles. The maximum absolute atomic E-state index is 12.6. The van der Waals surface area contributed by atoms with Gasteiger partial charge in [-0.1, -0.05) is 0 Å². The second kappa shape index (κ2) is 8.66. The van der Waals surface area contributed by atoms with E-state index in [0.29, 0.717) is 28.4 Å². The van der Waals surface area contributed by atoms with Crippen molar-refractivity contribution in [2.75, 3.05) is 10.6 Å². The van der Waals surface area contributed by atoms with Crippen molar-refractivity contribution in [2.45, 2.75) is 47.1 Å². The number of esters is 1. The van der Waals surface area contributed by atoms with Gasteiger partial charge in [-0.2, -0.15) is 4.98 Å². The summed E-state index contributed by atoms with van der Waals surface area (Å²) in [5.41, 5.74) is 5.01. The number of hydrogen-bond donors (Lipinski definition) is 3. The summed E-state index contributed by atoms with van der Waals surface area (Å²) in [7, 11) is 0. The van der Waals surface area contributed by atoms with E-state index in [9.17, 15) is 9.59 Å². The summed E-state index contributed by atoms with van der Waals surface area (Å²) in [5, 5.41) is 6.46. The van der Waals surface area contributed by atoms with Gasteiger partial charge in [-0.25, -0.2) is 14.6 Å². The number of carbonyl (C=O) groups excluding carboxylic acids is 1. The van der Waals surface area contributed by atoms with E-state index >= 15 is 0 Å². The number of rotatable bonds is 5. The standard InChI is InChI=1S/C25H27N5O4/c1-13-9-17(10-14(2)20(13)22(31)34-25(4,5)6)28-23-26-12-15(3)21(30-23)27-16-7-8-19-18(11-16)29-24(32)33-19/h7-12H,1-6H3,(H,29,32)(H2,26,27,28,30). The Hall–Kier alpha value is -4.14. The smallest absolute Gasteiger partial charge is 0.417 e. The highest BCUT2D eigenvalue weighted by Crippen LogP contribution is 2.26. The maximum Gasteiger partial charge on any atom is 0.417 e. The number of hydrogen-bond acceptors (Lipinski definition) is 8. The Morgan fingerprint density at radius 2 is 1.71 bits per heavy atom. The van der Waals surface area contributed by atoms with Crippen molar-refractivity contribution in [3.63, 3.8) is 0 Å². The van der Waals surface area contributed by atoms with Crippen LogP contribution in [0.25, 0.3) is 11.1 Å². The predicted octanol–water partition coefficient (Wildman–Crippen LogP) is 5.28. The largest absolute Gasteiger partial charge is 0.456 e. The molecule has 34 heavy (non-hydrogen) atoms. The highest BCUT2D eigenvalue weighted by Gasteiger charge is 2.21. The first-order valence-corrected chi connectivity index (χ1v) is 10.8. The number of benzene rings is 2. The monoisotopic (exact) mass is 461 g/mol. The van der Waals surface area contributed by atoms with Crippen molar-refractivity contribution in [3.05, 3.63) is 69.3 Å². The molecule has 0 saturated carbocycles. The molecule has 2 aromatic heterocycles. The lowest BCUT2D eigenvalue weighted by Crippen LogP contribution is -2.25. The Balaban J connectivity index is 1.57. The summed E-state index contributed by atoms with van der Waals surface area (Å²) in [6.07, 6.45) is 1.71. The third-order valence-electron chi connectivity index (χ3n) is 5.05. The molecule has 0 fully saturated rings. The van der Waals surface area contributed by atoms with E-state index in [1.165, 1.54) is 0 Å². The van der Waals surface area contributed by atoms with Crippen LogP contribution < -0.4 is 16.4 Å². The van der Waals surface area contributed by atoms with Gasteiger partial charge < -0.3 is 19.8 Å². The summed E-state index contributed by atoms with van der Waals surface area (Å²) in [6.45, 7) is 11.2. The van der Waals surface area contributed by atoms with Gasteiger partial charge in [0.1, 0.15) is 11.4 Å². The van der Waals surface area contributed by atoms with Gasteiger partial charge in [0, 0.05) is 23.1 Å². The second-order valence-corrected chi connectivity index (χ2v) is 9.19. The number of nitrogens with one attached hydrogen (secondary N) is 3. The lowest BCUT2D eigenvalue weighted by Gasteiger charge is -2.21. The molecule has 0 radical (unpaired) electrons. The molecule has 2 aromatic carbocycles. The minimum Gasteiger partial charge on any atom is -0.456 e. The molecule has 0 spiro atoms. The first-order valence-electron chi connectivity index (χ1n) is 10.8. The molecule has 0 aliphatic rings. The number of nitrogens with zero attached hydrogens (tertiary/aromatic N) is 2. The fraction of sp³-hybridized carbons (Fsp3) is 0.280. The highest BCUT2D eigenvalue weighted by atomic mass is 16.6. The van der Waals surface area contributed by atoms with E-state index in [1.807, 2.05) is 53.7 Å². The van der Waals surface area contributed by atoms with Gasteiger partial charge in [0.2, 0.25) is 5.95 Å². The average molecular weight is 462 g/mol. The van der Waals surface area contributed by atoms with Crippen LogP contribution in [-0.2, 0) is 4.74 Å². The fourth-order valence-electron chi connectivity index (χ4n) is 3.61. The molecule has 2 heterocycles. The van der Waals surface area contributed by atoms with Crippen molar-refractivity contribution in [1.29, 1.82) is 0 Å². The zero-order valence-electron chi connectivity index (χ0n) is 20.0. The van der Waals surface area contributed by atoms with Crippen LogP contribution in [0.3, 0.4) is 0 Å². The van der Waals surface area contributed by atoms with Crippen molar-refractivity contribution in [3.8, 4) is 0 Å². The summed E-state index contributed by atoms with van der Waals surface area (Å²) in [6, 6.07) is 9.02. The third kappa shape index (κ3) is 5.09. The molecule has 0 aliphatic carbocycles. The molecule has 0 saturated heterocycles. The molecule has 3 N–H and O–H groups in total. The Morgan fingerprint density at radius 3 is 2.38 bits per heavy atom. The molecule has 9 nitrogen and oxygen atoms in total. The Morgan fingerprint density at radius 1 is 1.00 bits per heavy atom. The summed E-state index contributed by atoms with van der Waals surface area (Å²) in [4.78, 5) is 35.6. The van der Waals surface area contributed by atoms with Gasteiger partial charge in [-0.3, -0.25) is 4.98 Å². The van der Waals surface area contributed by atoms with Crippen LogP contribution in [0.4, 0.5) is 23.1 Å². The van der Waals surface area contributed by atoms with Gasteiger partial charge in [0.05, 0.1) is 11.1 Å². The van der Waals surface area contributed by atoms with Gasteiger partial charge in [0.15, 0.2) is 5.58 Å². The number of carbonyl (C=O) groups is 1. The molecule has 0 unspecified atom stereocenters. The van der Waals surface area contributed by atoms with Crippen molar-refractivity contribution in [1.82, 2.24) is 15.0 Å². The van der Waals surface area contributed by atoms with Gasteiger partial charge >= 0.3 is 11.7 Å². The zero-order chi connectivity index (χ0) is 24.6. The van der Waals surface area contributed by atoms with Crippen LogP contribution in [-0.4, -0.2) is 26.5 Å². The van der Waals surface area contributed by atoms with Crippen LogP contribution in [0, 0.1) is 20.8 Å². The number of fused-ring (bicyclic) bond motifs is 1. The van der Waals surface area contributed by atoms with E-state index in [0.717, 1.165) is 28.1 Å². The minimum absolute atomic E-state index is 0.344. The summed E-state index contributed by atoms with van der Waals surface area (Å²) >= 11 is 0. The van der Waals surface area contributed by atoms with E-state index in [2.05, 4.69) is 25.6 Å². The number of aryl methyl sites for hydroxylation is 3. The minimum atomic E-state index is -0.566. The van der Waals surface area contributed by atoms with E-state index < -0.39 is 11.4 Å². The average Bonchev–Trinajstić information content (AvgIpc) is 3.08. The van der Waals surface area contributed by atoms with Crippen LogP contribution in [0.15, 0.2) is 45.7 Å². The lowest BCUT2D eigenvalue weighted by molar-refractivity contribution is 0.00680. The van der Waals surface area contributed by atoms with Crippen molar-refractivity contribution < 1.29 is 13.9 Å². The number of aromatic nitrogens is 3. The van der Waals surface area contributed by atoms with Crippen molar-refractivity contribution >= 4 is 40.2 Å². The summed E-state index contributed by atoms with van der Waals surface area (Å²) in [5.74, 6) is 0.166. The van der Waals surface area contributed by atoms with E-state index in [-0.39, 0.29) is 5.97 Å². The molecule has 0 bridgehead atoms. The molecular weight excluding hydrogens is 434 g/mol. The molecule has 4 rings (SSSR count). The third-order valence-corrected chi connectivity index (χ3v) is 5.05. The van der Waals surface area contributed by atoms with Crippen LogP contribution in [0.5, 0.6) is 0 Å². The Bertz CT molecular complexity index is 1420. The lowest BCUT2D eigenvalue weighted by atomic mass is 10.0. The number of aromatic amines is 1. The number of ether oxygens (including phenoxy) is 1. The quantitative estimate of drug-likeness (QED) is 0.343. The van der Waals surface area contributed by atoms with Crippen LogP contribution in [0.2, 0.25) is 0 Å². The summed E-state index contributed by atoms with van der Waals surface area (Å²) < 4.78 is 10.6. The van der Waals surface area contributed by atoms with Gasteiger partial charge in [0.25, 0.3) is 0 Å². The van der Waals surface area contributed by atoms with Crippen LogP contribution in [0.1, 0.15) is 47.8 Å². The Kier molecular flexibility index (Phi) is 5.87. The molecule has 0 atom stereocenters. The topological polar surface area (TPSA) is 122 Å². The highest BCUT2D eigenvalue weighted by molar-refractivity contribution is 5.93. The Labute approximate surface area is 196 Å². The second-order valence-electron chi connectivity index (χ2n) is 9.19. The molecule has 176 valence electrons. The maximum atomic E-state index is 12.6. The first-order chi connectivity index (χ1) is 16.0. The number of H-pyrrole nitrogens is 1. The first kappa shape index (κ1) is 23.0. The molecule has 0 amide bonds. The van der Waals surface area contributed by atoms with Gasteiger partial charge in [-0.05, 0) is 83.0 Å². The van der Waals surface area contributed by atoms with Crippen molar-refractivity contribution in [2.24, 2.45) is 0 Å². The zero-order valence-corrected chi connectivity index (χ0v) is 20.0. The fourth-order valence-corrected chi connectivity index (χ4v) is 3.61. The van der Waals surface area contributed by atoms with E-state index in [4.69, 9.17) is 9.15 Å². The SMILES string of the molecule is Cc1cnc(Nc2cc(C)c(C(=O)OC(C)(C)C)c(C)c2)nc1Nc1ccc2oc(=O)[nH]c2c1.